The van der Waals surface area contributed by atoms with Gasteiger partial charge in [-0.05, 0) is 37.4 Å². The number of hydrogen-bond acceptors (Lipinski definition) is 5. The fraction of sp³-hybridized carbons (Fsp3) is 0.458. The van der Waals surface area contributed by atoms with Gasteiger partial charge in [-0.3, -0.25) is 0 Å². The number of benzene rings is 1. The maximum Gasteiger partial charge on any atom is 0.419 e. The Labute approximate surface area is 197 Å². The Balaban J connectivity index is 1.77. The van der Waals surface area contributed by atoms with Crippen molar-refractivity contribution in [1.82, 2.24) is 14.5 Å². The van der Waals surface area contributed by atoms with E-state index in [-0.39, 0.29) is 24.4 Å². The van der Waals surface area contributed by atoms with Crippen LogP contribution in [0, 0.1) is 11.3 Å². The number of anilines is 1. The van der Waals surface area contributed by atoms with Gasteiger partial charge in [0.2, 0.25) is 5.95 Å². The molecule has 180 valence electrons. The van der Waals surface area contributed by atoms with E-state index in [4.69, 9.17) is 4.74 Å². The highest BCUT2D eigenvalue weighted by Gasteiger charge is 2.36. The molecule has 1 aliphatic carbocycles. The lowest BCUT2D eigenvalue weighted by molar-refractivity contribution is -0.137. The van der Waals surface area contributed by atoms with Crippen molar-refractivity contribution >= 4 is 24.9 Å². The van der Waals surface area contributed by atoms with E-state index in [2.05, 4.69) is 41.0 Å². The van der Waals surface area contributed by atoms with Gasteiger partial charge in [-0.2, -0.15) is 18.4 Å². The second kappa shape index (κ2) is 9.39. The number of rotatable bonds is 8. The minimum atomic E-state index is -4.61. The predicted octanol–water partition coefficient (Wildman–Crippen LogP) is 6.27. The molecule has 1 aliphatic rings. The van der Waals surface area contributed by atoms with Crippen molar-refractivity contribution in [1.29, 1.82) is 5.26 Å². The van der Waals surface area contributed by atoms with Crippen LogP contribution in [0.3, 0.4) is 0 Å². The monoisotopic (exact) mass is 487 g/mol. The van der Waals surface area contributed by atoms with Gasteiger partial charge in [0.15, 0.2) is 0 Å². The van der Waals surface area contributed by atoms with Crippen molar-refractivity contribution in [3.8, 4) is 17.3 Å². The first-order valence-corrected chi connectivity index (χ1v) is 15.1. The Kier molecular flexibility index (Phi) is 6.69. The molecule has 1 aromatic carbocycles. The van der Waals surface area contributed by atoms with E-state index >= 15 is 0 Å². The summed E-state index contributed by atoms with van der Waals surface area (Å²) in [5.41, 5.74) is 0.308. The number of aromatic nitrogens is 3. The Morgan fingerprint density at radius 3 is 2.65 bits per heavy atom. The van der Waals surface area contributed by atoms with Crippen LogP contribution in [-0.4, -0.2) is 35.3 Å². The molecule has 0 radical (unpaired) electrons. The second-order valence-electron chi connectivity index (χ2n) is 9.93. The minimum absolute atomic E-state index is 0.176. The summed E-state index contributed by atoms with van der Waals surface area (Å²) < 4.78 is 49.4. The molecule has 3 aromatic rings. The Bertz CT molecular complexity index is 1220. The average Bonchev–Trinajstić information content (AvgIpc) is 3.10. The quantitative estimate of drug-likeness (QED) is 0.300. The Morgan fingerprint density at radius 2 is 2.03 bits per heavy atom. The third-order valence-corrected chi connectivity index (χ3v) is 7.73. The van der Waals surface area contributed by atoms with Crippen LogP contribution in [0.25, 0.3) is 22.2 Å². The smallest absolute Gasteiger partial charge is 0.361 e. The molecule has 34 heavy (non-hydrogen) atoms. The summed E-state index contributed by atoms with van der Waals surface area (Å²) in [7, 11) is -1.28. The van der Waals surface area contributed by atoms with Crippen molar-refractivity contribution in [3.05, 3.63) is 41.7 Å². The lowest BCUT2D eigenvalue weighted by atomic mass is 9.93. The third-order valence-electron chi connectivity index (χ3n) is 6.03. The molecule has 0 amide bonds. The van der Waals surface area contributed by atoms with Crippen LogP contribution in [0.4, 0.5) is 19.1 Å². The topological polar surface area (TPSA) is 75.8 Å². The summed E-state index contributed by atoms with van der Waals surface area (Å²) in [6.45, 7) is 7.50. The van der Waals surface area contributed by atoms with E-state index in [1.807, 2.05) is 0 Å². The highest BCUT2D eigenvalue weighted by atomic mass is 28.3. The number of nitrogens with one attached hydrogen (secondary N) is 1. The number of fused-ring (bicyclic) bond motifs is 1. The first kappa shape index (κ1) is 24.2. The van der Waals surface area contributed by atoms with Crippen LogP contribution in [0.15, 0.2) is 30.6 Å². The molecule has 1 saturated carbocycles. The summed E-state index contributed by atoms with van der Waals surface area (Å²) in [5.74, 6) is 0.189. The maximum atomic E-state index is 13.9. The summed E-state index contributed by atoms with van der Waals surface area (Å²) in [5, 5.41) is 13.1. The summed E-state index contributed by atoms with van der Waals surface area (Å²) in [4.78, 5) is 8.25. The van der Waals surface area contributed by atoms with Gasteiger partial charge in [0, 0.05) is 44.1 Å². The largest absolute Gasteiger partial charge is 0.419 e. The van der Waals surface area contributed by atoms with Gasteiger partial charge in [0.25, 0.3) is 0 Å². The predicted molar refractivity (Wildman–Crippen MR) is 128 cm³/mol. The fourth-order valence-corrected chi connectivity index (χ4v) is 4.55. The van der Waals surface area contributed by atoms with E-state index in [1.165, 1.54) is 0 Å². The number of hydrogen-bond donors (Lipinski definition) is 1. The molecule has 2 heterocycles. The van der Waals surface area contributed by atoms with Crippen LogP contribution in [0.2, 0.25) is 25.7 Å². The van der Waals surface area contributed by atoms with E-state index in [0.717, 1.165) is 31.5 Å². The van der Waals surface area contributed by atoms with Gasteiger partial charge in [-0.1, -0.05) is 25.7 Å². The number of halogens is 3. The minimum Gasteiger partial charge on any atom is -0.361 e. The number of alkyl halides is 3. The lowest BCUT2D eigenvalue weighted by Crippen LogP contribution is -2.28. The van der Waals surface area contributed by atoms with E-state index in [9.17, 15) is 18.4 Å². The molecule has 1 fully saturated rings. The SMILES string of the molecule is C[Si](C)(C)CCOCn1cc(-c2nc(NC3CCC3)ncc2C(F)(F)F)c2ccc(C#N)cc21. The standard InChI is InChI=1S/C24H28F3N5OSi/c1-34(2,3)10-9-33-15-32-14-19(18-8-7-16(12-28)11-21(18)32)22-20(24(25,26)27)13-29-23(31-22)30-17-5-4-6-17/h7-8,11,13-14,17H,4-6,9-10,15H2,1-3H3,(H,29,30,31). The van der Waals surface area contributed by atoms with E-state index in [1.54, 1.807) is 29.0 Å². The summed E-state index contributed by atoms with van der Waals surface area (Å²) >= 11 is 0. The first-order chi connectivity index (χ1) is 16.0. The van der Waals surface area contributed by atoms with E-state index in [0.29, 0.717) is 28.6 Å². The number of nitriles is 1. The zero-order valence-electron chi connectivity index (χ0n) is 19.5. The third kappa shape index (κ3) is 5.42. The van der Waals surface area contributed by atoms with Gasteiger partial charge in [-0.15, -0.1) is 0 Å². The molecule has 0 aliphatic heterocycles. The van der Waals surface area contributed by atoms with Crippen molar-refractivity contribution in [2.45, 2.75) is 63.9 Å². The molecular weight excluding hydrogens is 459 g/mol. The number of nitrogens with zero attached hydrogens (tertiary/aromatic N) is 4. The normalized spacial score (nSPS) is 14.7. The Morgan fingerprint density at radius 1 is 1.26 bits per heavy atom. The van der Waals surface area contributed by atoms with Crippen LogP contribution in [-0.2, 0) is 17.6 Å². The average molecular weight is 488 g/mol. The first-order valence-electron chi connectivity index (χ1n) is 11.4. The van der Waals surface area contributed by atoms with Gasteiger partial charge in [0.05, 0.1) is 22.8 Å². The van der Waals surface area contributed by atoms with Gasteiger partial charge in [0.1, 0.15) is 12.3 Å². The van der Waals surface area contributed by atoms with Crippen LogP contribution in [0.1, 0.15) is 30.4 Å². The summed E-state index contributed by atoms with van der Waals surface area (Å²) in [6.07, 6.45) is 0.845. The molecular formula is C24H28F3N5OSi. The zero-order chi connectivity index (χ0) is 24.5. The molecule has 10 heteroatoms. The maximum absolute atomic E-state index is 13.9. The fourth-order valence-electron chi connectivity index (χ4n) is 3.80. The molecule has 6 nitrogen and oxygen atoms in total. The molecule has 2 aromatic heterocycles. The second-order valence-corrected chi connectivity index (χ2v) is 15.6. The molecule has 1 N–H and O–H groups in total. The highest BCUT2D eigenvalue weighted by Crippen LogP contribution is 2.40. The lowest BCUT2D eigenvalue weighted by Gasteiger charge is -2.26. The van der Waals surface area contributed by atoms with Crippen molar-refractivity contribution in [3.63, 3.8) is 0 Å². The molecule has 0 saturated heterocycles. The Hall–Kier alpha value is -2.90. The molecule has 0 unspecified atom stereocenters. The molecule has 4 rings (SSSR count). The van der Waals surface area contributed by atoms with E-state index < -0.39 is 19.8 Å². The highest BCUT2D eigenvalue weighted by molar-refractivity contribution is 6.76. The van der Waals surface area contributed by atoms with Crippen molar-refractivity contribution in [2.24, 2.45) is 0 Å². The van der Waals surface area contributed by atoms with Crippen molar-refractivity contribution in [2.75, 3.05) is 11.9 Å². The molecule has 0 spiro atoms. The zero-order valence-corrected chi connectivity index (χ0v) is 20.5. The molecule has 0 atom stereocenters. The van der Waals surface area contributed by atoms with Crippen LogP contribution < -0.4 is 5.32 Å². The van der Waals surface area contributed by atoms with Gasteiger partial charge >= 0.3 is 6.18 Å². The number of ether oxygens (including phenoxy) is 1. The molecule has 0 bridgehead atoms. The van der Waals surface area contributed by atoms with Crippen LogP contribution >= 0.6 is 0 Å². The van der Waals surface area contributed by atoms with Gasteiger partial charge < -0.3 is 14.6 Å². The van der Waals surface area contributed by atoms with Crippen LogP contribution in [0.5, 0.6) is 0 Å². The summed E-state index contributed by atoms with van der Waals surface area (Å²) in [6, 6.07) is 8.20. The van der Waals surface area contributed by atoms with Gasteiger partial charge in [-0.25, -0.2) is 9.97 Å². The van der Waals surface area contributed by atoms with Crippen molar-refractivity contribution < 1.29 is 17.9 Å².